The number of anilines is 1. The summed E-state index contributed by atoms with van der Waals surface area (Å²) in [5.41, 5.74) is -0.142. The van der Waals surface area contributed by atoms with Crippen molar-refractivity contribution in [2.24, 2.45) is 0 Å². The highest BCUT2D eigenvalue weighted by Crippen LogP contribution is 2.24. The van der Waals surface area contributed by atoms with Gasteiger partial charge in [0.05, 0.1) is 6.10 Å². The average molecular weight is 309 g/mol. The normalized spacial score (nSPS) is 11.4. The predicted molar refractivity (Wildman–Crippen MR) is 77.9 cm³/mol. The van der Waals surface area contributed by atoms with E-state index in [1.165, 1.54) is 12.3 Å². The highest BCUT2D eigenvalue weighted by atomic mass is 32.2. The van der Waals surface area contributed by atoms with E-state index >= 15 is 0 Å². The SMILES string of the molecule is CC(C)Oc1ncccc1NS(=O)(=O)c1ccc(=O)[nH]c1. The smallest absolute Gasteiger partial charge is 0.263 e. The number of nitrogens with zero attached hydrogens (tertiary/aromatic N) is 1. The van der Waals surface area contributed by atoms with Gasteiger partial charge in [-0.25, -0.2) is 13.4 Å². The van der Waals surface area contributed by atoms with Crippen LogP contribution in [0.5, 0.6) is 5.88 Å². The zero-order chi connectivity index (χ0) is 15.5. The van der Waals surface area contributed by atoms with E-state index in [1.54, 1.807) is 12.1 Å². The Labute approximate surface area is 122 Å². The number of ether oxygens (including phenoxy) is 1. The third-order valence-electron chi connectivity index (χ3n) is 2.43. The van der Waals surface area contributed by atoms with E-state index in [4.69, 9.17) is 4.74 Å². The first-order valence-corrected chi connectivity index (χ1v) is 7.70. The van der Waals surface area contributed by atoms with Crippen LogP contribution in [0.4, 0.5) is 5.69 Å². The molecule has 0 spiro atoms. The summed E-state index contributed by atoms with van der Waals surface area (Å²) in [6.07, 6.45) is 2.50. The van der Waals surface area contributed by atoms with Crippen molar-refractivity contribution in [1.82, 2.24) is 9.97 Å². The number of hydrogen-bond acceptors (Lipinski definition) is 5. The Balaban J connectivity index is 2.33. The number of hydrogen-bond donors (Lipinski definition) is 2. The number of rotatable bonds is 5. The van der Waals surface area contributed by atoms with Crippen LogP contribution in [0.1, 0.15) is 13.8 Å². The first kappa shape index (κ1) is 15.0. The van der Waals surface area contributed by atoms with Crippen LogP contribution in [0, 0.1) is 0 Å². The van der Waals surface area contributed by atoms with Crippen LogP contribution in [0.15, 0.2) is 46.3 Å². The summed E-state index contributed by atoms with van der Waals surface area (Å²) >= 11 is 0. The number of aromatic nitrogens is 2. The standard InChI is InChI=1S/C13H15N3O4S/c1-9(2)20-13-11(4-3-7-14-13)16-21(18,19)10-5-6-12(17)15-8-10/h3-9,16H,1-2H3,(H,15,17). The molecule has 0 amide bonds. The summed E-state index contributed by atoms with van der Waals surface area (Å²) in [4.78, 5) is 17.2. The molecule has 8 heteroatoms. The topological polar surface area (TPSA) is 101 Å². The van der Waals surface area contributed by atoms with Gasteiger partial charge in [-0.1, -0.05) is 0 Å². The summed E-state index contributed by atoms with van der Waals surface area (Å²) in [5.74, 6) is 0.195. The highest BCUT2D eigenvalue weighted by molar-refractivity contribution is 7.92. The van der Waals surface area contributed by atoms with Gasteiger partial charge in [-0.15, -0.1) is 0 Å². The van der Waals surface area contributed by atoms with E-state index in [0.717, 1.165) is 12.3 Å². The Bertz CT molecular complexity index is 764. The molecule has 0 unspecified atom stereocenters. The Morgan fingerprint density at radius 1 is 1.29 bits per heavy atom. The molecule has 0 atom stereocenters. The maximum atomic E-state index is 12.2. The van der Waals surface area contributed by atoms with Crippen LogP contribution >= 0.6 is 0 Å². The molecule has 0 radical (unpaired) electrons. The maximum absolute atomic E-state index is 12.2. The van der Waals surface area contributed by atoms with E-state index in [-0.39, 0.29) is 28.1 Å². The first-order valence-electron chi connectivity index (χ1n) is 6.22. The summed E-state index contributed by atoms with van der Waals surface area (Å²) in [5, 5.41) is 0. The molecule has 7 nitrogen and oxygen atoms in total. The molecule has 2 N–H and O–H groups in total. The van der Waals surface area contributed by atoms with Crippen molar-refractivity contribution in [1.29, 1.82) is 0 Å². The zero-order valence-electron chi connectivity index (χ0n) is 11.5. The minimum Gasteiger partial charge on any atom is -0.473 e. The molecule has 0 aromatic carbocycles. The molecular formula is C13H15N3O4S. The van der Waals surface area contributed by atoms with Crippen LogP contribution in [0.3, 0.4) is 0 Å². The monoisotopic (exact) mass is 309 g/mol. The highest BCUT2D eigenvalue weighted by Gasteiger charge is 2.17. The Kier molecular flexibility index (Phi) is 4.27. The number of aromatic amines is 1. The van der Waals surface area contributed by atoms with Gasteiger partial charge in [0.25, 0.3) is 10.0 Å². The molecule has 0 saturated heterocycles. The molecule has 2 aromatic heterocycles. The molecule has 0 aliphatic heterocycles. The molecule has 2 heterocycles. The van der Waals surface area contributed by atoms with Gasteiger partial charge in [0, 0.05) is 18.5 Å². The lowest BCUT2D eigenvalue weighted by Gasteiger charge is -2.14. The van der Waals surface area contributed by atoms with Crippen molar-refractivity contribution in [2.75, 3.05) is 4.72 Å². The Morgan fingerprint density at radius 3 is 2.67 bits per heavy atom. The second kappa shape index (κ2) is 5.96. The van der Waals surface area contributed by atoms with Crippen molar-refractivity contribution in [2.45, 2.75) is 24.8 Å². The van der Waals surface area contributed by atoms with Crippen LogP contribution in [-0.4, -0.2) is 24.5 Å². The molecule has 0 bridgehead atoms. The quantitative estimate of drug-likeness (QED) is 0.868. The lowest BCUT2D eigenvalue weighted by molar-refractivity contribution is 0.234. The Hall–Kier alpha value is -2.35. The van der Waals surface area contributed by atoms with Crippen molar-refractivity contribution in [3.63, 3.8) is 0 Å². The van der Waals surface area contributed by atoms with Crippen LogP contribution in [0.2, 0.25) is 0 Å². The molecule has 2 aromatic rings. The summed E-state index contributed by atoms with van der Waals surface area (Å²) in [6, 6.07) is 5.51. The average Bonchev–Trinajstić information content (AvgIpc) is 2.40. The minimum atomic E-state index is -3.83. The summed E-state index contributed by atoms with van der Waals surface area (Å²) in [7, 11) is -3.83. The molecule has 21 heavy (non-hydrogen) atoms. The number of sulfonamides is 1. The minimum absolute atomic E-state index is 0.0542. The van der Waals surface area contributed by atoms with Crippen molar-refractivity contribution >= 4 is 15.7 Å². The van der Waals surface area contributed by atoms with E-state index < -0.39 is 10.0 Å². The third-order valence-corrected chi connectivity index (χ3v) is 3.79. The lowest BCUT2D eigenvalue weighted by atomic mass is 10.4. The van der Waals surface area contributed by atoms with E-state index in [2.05, 4.69) is 14.7 Å². The van der Waals surface area contributed by atoms with Crippen molar-refractivity contribution in [3.8, 4) is 5.88 Å². The predicted octanol–water partition coefficient (Wildman–Crippen LogP) is 1.36. The number of H-pyrrole nitrogens is 1. The Morgan fingerprint density at radius 2 is 2.05 bits per heavy atom. The van der Waals surface area contributed by atoms with Gasteiger partial charge in [0.2, 0.25) is 11.4 Å². The fraction of sp³-hybridized carbons (Fsp3) is 0.231. The van der Waals surface area contributed by atoms with E-state index in [9.17, 15) is 13.2 Å². The third kappa shape index (κ3) is 3.82. The number of pyridine rings is 2. The van der Waals surface area contributed by atoms with E-state index in [1.807, 2.05) is 13.8 Å². The fourth-order valence-electron chi connectivity index (χ4n) is 1.55. The van der Waals surface area contributed by atoms with E-state index in [0.29, 0.717) is 0 Å². The van der Waals surface area contributed by atoms with Crippen molar-refractivity contribution in [3.05, 3.63) is 47.0 Å². The van der Waals surface area contributed by atoms with Crippen LogP contribution in [0.25, 0.3) is 0 Å². The summed E-state index contributed by atoms with van der Waals surface area (Å²) in [6.45, 7) is 3.63. The molecular weight excluding hydrogens is 294 g/mol. The maximum Gasteiger partial charge on any atom is 0.263 e. The van der Waals surface area contributed by atoms with Gasteiger partial charge in [-0.2, -0.15) is 0 Å². The molecule has 112 valence electrons. The van der Waals surface area contributed by atoms with Gasteiger partial charge >= 0.3 is 0 Å². The van der Waals surface area contributed by atoms with Gasteiger partial charge < -0.3 is 9.72 Å². The molecule has 0 aliphatic carbocycles. The molecule has 2 rings (SSSR count). The molecule has 0 fully saturated rings. The molecule has 0 saturated carbocycles. The zero-order valence-corrected chi connectivity index (χ0v) is 12.3. The molecule has 0 aliphatic rings. The first-order chi connectivity index (χ1) is 9.88. The summed E-state index contributed by atoms with van der Waals surface area (Å²) < 4.78 is 32.3. The van der Waals surface area contributed by atoms with Gasteiger partial charge in [-0.3, -0.25) is 9.52 Å². The van der Waals surface area contributed by atoms with Crippen molar-refractivity contribution < 1.29 is 13.2 Å². The van der Waals surface area contributed by atoms with Gasteiger partial charge in [-0.05, 0) is 32.0 Å². The van der Waals surface area contributed by atoms with Gasteiger partial charge in [0.1, 0.15) is 10.6 Å². The number of nitrogens with one attached hydrogen (secondary N) is 2. The lowest BCUT2D eigenvalue weighted by Crippen LogP contribution is -2.17. The second-order valence-electron chi connectivity index (χ2n) is 4.52. The van der Waals surface area contributed by atoms with Crippen LogP contribution < -0.4 is 15.0 Å². The van der Waals surface area contributed by atoms with Gasteiger partial charge in [0.15, 0.2) is 0 Å². The fourth-order valence-corrected chi connectivity index (χ4v) is 2.58. The largest absolute Gasteiger partial charge is 0.473 e. The second-order valence-corrected chi connectivity index (χ2v) is 6.20. The van der Waals surface area contributed by atoms with Crippen LogP contribution in [-0.2, 0) is 10.0 Å².